The minimum Gasteiger partial charge on any atom is -0.489 e. The van der Waals surface area contributed by atoms with E-state index in [-0.39, 0.29) is 11.9 Å². The summed E-state index contributed by atoms with van der Waals surface area (Å²) in [6.45, 7) is 5.46. The Bertz CT molecular complexity index is 639. The topological polar surface area (TPSA) is 50.4 Å². The molecule has 2 aromatic carbocycles. The first-order chi connectivity index (χ1) is 12.1. The molecule has 0 aliphatic carbocycles. The van der Waals surface area contributed by atoms with E-state index >= 15 is 0 Å². The van der Waals surface area contributed by atoms with E-state index in [0.717, 1.165) is 23.3 Å². The molecule has 2 rings (SSSR count). The molecule has 4 heteroatoms. The van der Waals surface area contributed by atoms with Crippen molar-refractivity contribution < 1.29 is 9.53 Å². The third kappa shape index (κ3) is 6.59. The maximum Gasteiger partial charge on any atom is 0.236 e. The van der Waals surface area contributed by atoms with Crippen LogP contribution in [-0.2, 0) is 17.9 Å². The first-order valence-electron chi connectivity index (χ1n) is 8.79. The Morgan fingerprint density at radius 1 is 1.00 bits per heavy atom. The molecule has 0 saturated carbocycles. The van der Waals surface area contributed by atoms with E-state index in [1.807, 2.05) is 54.6 Å². The molecular weight excluding hydrogens is 312 g/mol. The van der Waals surface area contributed by atoms with Crippen molar-refractivity contribution in [3.05, 3.63) is 65.7 Å². The molecule has 0 radical (unpaired) electrons. The van der Waals surface area contributed by atoms with E-state index in [1.165, 1.54) is 0 Å². The second-order valence-electron chi connectivity index (χ2n) is 6.60. The highest BCUT2D eigenvalue weighted by molar-refractivity contribution is 5.81. The predicted molar refractivity (Wildman–Crippen MR) is 101 cm³/mol. The van der Waals surface area contributed by atoms with Crippen LogP contribution in [0.5, 0.6) is 5.75 Å². The summed E-state index contributed by atoms with van der Waals surface area (Å²) in [6, 6.07) is 17.9. The second-order valence-corrected chi connectivity index (χ2v) is 6.60. The molecular formula is C21H28N2O2. The zero-order valence-corrected chi connectivity index (χ0v) is 15.3. The van der Waals surface area contributed by atoms with Gasteiger partial charge in [0.25, 0.3) is 0 Å². The van der Waals surface area contributed by atoms with Crippen molar-refractivity contribution in [1.82, 2.24) is 10.6 Å². The number of carbonyl (C=O) groups excluding carboxylic acids is 1. The molecule has 1 atom stereocenters. The monoisotopic (exact) mass is 340 g/mol. The van der Waals surface area contributed by atoms with Crippen molar-refractivity contribution in [2.24, 2.45) is 5.92 Å². The number of likely N-dealkylation sites (N-methyl/N-ethyl adjacent to an activating group) is 1. The molecule has 2 aromatic rings. The Kier molecular flexibility index (Phi) is 7.48. The summed E-state index contributed by atoms with van der Waals surface area (Å²) in [4.78, 5) is 11.9. The Labute approximate surface area is 150 Å². The molecule has 0 aromatic heterocycles. The van der Waals surface area contributed by atoms with Crippen molar-refractivity contribution in [3.8, 4) is 5.75 Å². The van der Waals surface area contributed by atoms with Crippen LogP contribution in [0.1, 0.15) is 31.4 Å². The molecule has 0 spiro atoms. The van der Waals surface area contributed by atoms with Crippen molar-refractivity contribution >= 4 is 5.91 Å². The standard InChI is InChI=1S/C21H28N2O2/c1-16(2)13-20(21(24)22-3)23-14-17-9-11-19(12-10-17)25-15-18-7-5-4-6-8-18/h4-12,16,20,23H,13-15H2,1-3H3,(H,22,24)/t20-/m1/s1. The van der Waals surface area contributed by atoms with E-state index in [2.05, 4.69) is 24.5 Å². The summed E-state index contributed by atoms with van der Waals surface area (Å²) in [5.74, 6) is 1.35. The van der Waals surface area contributed by atoms with Crippen LogP contribution in [0.25, 0.3) is 0 Å². The Balaban J connectivity index is 1.85. The molecule has 2 N–H and O–H groups in total. The van der Waals surface area contributed by atoms with Gasteiger partial charge in [-0.05, 0) is 35.6 Å². The maximum absolute atomic E-state index is 11.9. The first kappa shape index (κ1) is 19.0. The van der Waals surface area contributed by atoms with Crippen LogP contribution >= 0.6 is 0 Å². The maximum atomic E-state index is 11.9. The lowest BCUT2D eigenvalue weighted by molar-refractivity contribution is -0.123. The highest BCUT2D eigenvalue weighted by atomic mass is 16.5. The molecule has 0 fully saturated rings. The van der Waals surface area contributed by atoms with E-state index in [4.69, 9.17) is 4.74 Å². The van der Waals surface area contributed by atoms with Gasteiger partial charge in [0, 0.05) is 13.6 Å². The Morgan fingerprint density at radius 3 is 2.28 bits per heavy atom. The van der Waals surface area contributed by atoms with Gasteiger partial charge in [-0.3, -0.25) is 4.79 Å². The largest absolute Gasteiger partial charge is 0.489 e. The Hall–Kier alpha value is -2.33. The van der Waals surface area contributed by atoms with Gasteiger partial charge in [-0.25, -0.2) is 0 Å². The second kappa shape index (κ2) is 9.84. The van der Waals surface area contributed by atoms with E-state index < -0.39 is 0 Å². The van der Waals surface area contributed by atoms with Gasteiger partial charge in [-0.15, -0.1) is 0 Å². The molecule has 0 aliphatic rings. The van der Waals surface area contributed by atoms with Gasteiger partial charge >= 0.3 is 0 Å². The van der Waals surface area contributed by atoms with Crippen molar-refractivity contribution in [2.45, 2.75) is 39.5 Å². The molecule has 0 bridgehead atoms. The number of ether oxygens (including phenoxy) is 1. The van der Waals surface area contributed by atoms with Gasteiger partial charge < -0.3 is 15.4 Å². The fourth-order valence-electron chi connectivity index (χ4n) is 2.61. The summed E-state index contributed by atoms with van der Waals surface area (Å²) in [7, 11) is 1.68. The van der Waals surface area contributed by atoms with Crippen LogP contribution in [0.4, 0.5) is 0 Å². The quantitative estimate of drug-likeness (QED) is 0.734. The van der Waals surface area contributed by atoms with Crippen LogP contribution in [0.15, 0.2) is 54.6 Å². The number of benzene rings is 2. The van der Waals surface area contributed by atoms with Crippen LogP contribution in [0, 0.1) is 5.92 Å². The van der Waals surface area contributed by atoms with Gasteiger partial charge in [0.05, 0.1) is 6.04 Å². The van der Waals surface area contributed by atoms with Gasteiger partial charge in [0.2, 0.25) is 5.91 Å². The van der Waals surface area contributed by atoms with Crippen LogP contribution in [-0.4, -0.2) is 19.0 Å². The molecule has 0 saturated heterocycles. The van der Waals surface area contributed by atoms with Gasteiger partial charge in [0.15, 0.2) is 0 Å². The lowest BCUT2D eigenvalue weighted by atomic mass is 10.0. The highest BCUT2D eigenvalue weighted by Crippen LogP contribution is 2.15. The lowest BCUT2D eigenvalue weighted by Gasteiger charge is -2.19. The van der Waals surface area contributed by atoms with Crippen LogP contribution in [0.3, 0.4) is 0 Å². The van der Waals surface area contributed by atoms with Crippen molar-refractivity contribution in [1.29, 1.82) is 0 Å². The van der Waals surface area contributed by atoms with Crippen molar-refractivity contribution in [3.63, 3.8) is 0 Å². The number of rotatable bonds is 9. The molecule has 134 valence electrons. The average molecular weight is 340 g/mol. The van der Waals surface area contributed by atoms with E-state index in [1.54, 1.807) is 7.05 Å². The number of hydrogen-bond acceptors (Lipinski definition) is 3. The van der Waals surface area contributed by atoms with Crippen molar-refractivity contribution in [2.75, 3.05) is 7.05 Å². The first-order valence-corrected chi connectivity index (χ1v) is 8.79. The number of amides is 1. The summed E-state index contributed by atoms with van der Waals surface area (Å²) in [6.07, 6.45) is 0.817. The molecule has 1 amide bonds. The lowest BCUT2D eigenvalue weighted by Crippen LogP contribution is -2.43. The molecule has 25 heavy (non-hydrogen) atoms. The number of carbonyl (C=O) groups is 1. The summed E-state index contributed by atoms with van der Waals surface area (Å²) in [5.41, 5.74) is 2.28. The van der Waals surface area contributed by atoms with Crippen LogP contribution < -0.4 is 15.4 Å². The fraction of sp³-hybridized carbons (Fsp3) is 0.381. The SMILES string of the molecule is CNC(=O)[C@@H](CC(C)C)NCc1ccc(OCc2ccccc2)cc1. The van der Waals surface area contributed by atoms with E-state index in [9.17, 15) is 4.79 Å². The molecule has 0 unspecified atom stereocenters. The third-order valence-electron chi connectivity index (χ3n) is 3.99. The minimum absolute atomic E-state index is 0.0384. The zero-order valence-electron chi connectivity index (χ0n) is 15.3. The summed E-state index contributed by atoms with van der Waals surface area (Å²) < 4.78 is 5.80. The summed E-state index contributed by atoms with van der Waals surface area (Å²) >= 11 is 0. The molecule has 4 nitrogen and oxygen atoms in total. The predicted octanol–water partition coefficient (Wildman–Crippen LogP) is 3.52. The van der Waals surface area contributed by atoms with Crippen LogP contribution in [0.2, 0.25) is 0 Å². The van der Waals surface area contributed by atoms with Gasteiger partial charge in [-0.1, -0.05) is 56.3 Å². The van der Waals surface area contributed by atoms with E-state index in [0.29, 0.717) is 19.1 Å². The normalized spacial score (nSPS) is 12.0. The number of hydrogen-bond donors (Lipinski definition) is 2. The van der Waals surface area contributed by atoms with Gasteiger partial charge in [0.1, 0.15) is 12.4 Å². The smallest absolute Gasteiger partial charge is 0.236 e. The average Bonchev–Trinajstić information content (AvgIpc) is 2.64. The fourth-order valence-corrected chi connectivity index (χ4v) is 2.61. The highest BCUT2D eigenvalue weighted by Gasteiger charge is 2.17. The molecule has 0 heterocycles. The third-order valence-corrected chi connectivity index (χ3v) is 3.99. The Morgan fingerprint density at radius 2 is 1.68 bits per heavy atom. The number of nitrogens with one attached hydrogen (secondary N) is 2. The molecule has 0 aliphatic heterocycles. The summed E-state index contributed by atoms with van der Waals surface area (Å²) in [5, 5.41) is 6.07. The zero-order chi connectivity index (χ0) is 18.1. The van der Waals surface area contributed by atoms with Gasteiger partial charge in [-0.2, -0.15) is 0 Å². The minimum atomic E-state index is -0.168.